The molecule has 96 valence electrons. The van der Waals surface area contributed by atoms with Crippen LogP contribution >= 0.6 is 0 Å². The van der Waals surface area contributed by atoms with Crippen molar-refractivity contribution in [3.8, 4) is 0 Å². The Hall–Kier alpha value is -1.00. The molecule has 0 aliphatic carbocycles. The molecule has 1 heterocycles. The van der Waals surface area contributed by atoms with Crippen molar-refractivity contribution in [3.05, 3.63) is 22.8 Å². The molecule has 0 bridgehead atoms. The van der Waals surface area contributed by atoms with E-state index in [1.165, 1.54) is 5.56 Å². The first-order valence-corrected chi connectivity index (χ1v) is 6.04. The van der Waals surface area contributed by atoms with Crippen LogP contribution in [0.25, 0.3) is 0 Å². The van der Waals surface area contributed by atoms with Crippen LogP contribution in [0.2, 0.25) is 0 Å². The van der Waals surface area contributed by atoms with Crippen LogP contribution in [0.1, 0.15) is 22.8 Å². The van der Waals surface area contributed by atoms with Crippen LogP contribution in [0.5, 0.6) is 0 Å². The minimum absolute atomic E-state index is 0.815. The van der Waals surface area contributed by atoms with E-state index in [4.69, 9.17) is 0 Å². The minimum Gasteiger partial charge on any atom is -0.308 e. The van der Waals surface area contributed by atoms with Crippen molar-refractivity contribution in [3.63, 3.8) is 0 Å². The maximum Gasteiger partial charge on any atom is 0.142 e. The van der Waals surface area contributed by atoms with Crippen LogP contribution < -0.4 is 0 Å². The SMILES string of the molecule is Cc1nc(CN(C)CCN(C)C)nc(C)c1C. The maximum atomic E-state index is 4.53. The van der Waals surface area contributed by atoms with Gasteiger partial charge in [0.2, 0.25) is 0 Å². The zero-order chi connectivity index (χ0) is 13.0. The van der Waals surface area contributed by atoms with Gasteiger partial charge in [0.25, 0.3) is 0 Å². The van der Waals surface area contributed by atoms with Gasteiger partial charge in [-0.1, -0.05) is 0 Å². The molecular formula is C13H24N4. The van der Waals surface area contributed by atoms with Gasteiger partial charge in [0, 0.05) is 24.5 Å². The highest BCUT2D eigenvalue weighted by Crippen LogP contribution is 2.08. The lowest BCUT2D eigenvalue weighted by atomic mass is 10.2. The molecule has 4 heteroatoms. The van der Waals surface area contributed by atoms with Gasteiger partial charge in [0.05, 0.1) is 6.54 Å². The summed E-state index contributed by atoms with van der Waals surface area (Å²) in [6.45, 7) is 9.07. The van der Waals surface area contributed by atoms with E-state index in [1.807, 2.05) is 13.8 Å². The first-order chi connectivity index (χ1) is 7.90. The van der Waals surface area contributed by atoms with Gasteiger partial charge in [-0.15, -0.1) is 0 Å². The topological polar surface area (TPSA) is 32.3 Å². The summed E-state index contributed by atoms with van der Waals surface area (Å²) < 4.78 is 0. The molecule has 17 heavy (non-hydrogen) atoms. The average Bonchev–Trinajstić information content (AvgIpc) is 2.23. The van der Waals surface area contributed by atoms with Crippen molar-refractivity contribution in [2.75, 3.05) is 34.2 Å². The molecule has 0 saturated carbocycles. The van der Waals surface area contributed by atoms with Crippen LogP contribution in [0.4, 0.5) is 0 Å². The van der Waals surface area contributed by atoms with E-state index in [0.717, 1.165) is 36.8 Å². The molecule has 1 rings (SSSR count). The zero-order valence-corrected chi connectivity index (χ0v) is 11.9. The van der Waals surface area contributed by atoms with Gasteiger partial charge >= 0.3 is 0 Å². The van der Waals surface area contributed by atoms with Crippen LogP contribution in [-0.2, 0) is 6.54 Å². The number of hydrogen-bond acceptors (Lipinski definition) is 4. The molecule has 0 fully saturated rings. The number of rotatable bonds is 5. The van der Waals surface area contributed by atoms with Gasteiger partial charge in [0.1, 0.15) is 5.82 Å². The van der Waals surface area contributed by atoms with E-state index in [-0.39, 0.29) is 0 Å². The number of aromatic nitrogens is 2. The summed E-state index contributed by atoms with van der Waals surface area (Å²) in [7, 11) is 6.28. The molecule has 0 N–H and O–H groups in total. The Balaban J connectivity index is 2.62. The van der Waals surface area contributed by atoms with Gasteiger partial charge in [-0.05, 0) is 47.5 Å². The lowest BCUT2D eigenvalue weighted by molar-refractivity contribution is 0.271. The first-order valence-electron chi connectivity index (χ1n) is 6.04. The number of hydrogen-bond donors (Lipinski definition) is 0. The van der Waals surface area contributed by atoms with E-state index in [0.29, 0.717) is 0 Å². The molecule has 4 nitrogen and oxygen atoms in total. The average molecular weight is 236 g/mol. The summed E-state index contributed by atoms with van der Waals surface area (Å²) in [4.78, 5) is 13.5. The lowest BCUT2D eigenvalue weighted by Crippen LogP contribution is -2.29. The molecule has 1 aromatic heterocycles. The second-order valence-electron chi connectivity index (χ2n) is 4.98. The van der Waals surface area contributed by atoms with E-state index in [9.17, 15) is 0 Å². The smallest absolute Gasteiger partial charge is 0.142 e. The predicted molar refractivity (Wildman–Crippen MR) is 71.1 cm³/mol. The Morgan fingerprint density at radius 2 is 1.41 bits per heavy atom. The highest BCUT2D eigenvalue weighted by atomic mass is 15.2. The summed E-state index contributed by atoms with van der Waals surface area (Å²) >= 11 is 0. The quantitative estimate of drug-likeness (QED) is 0.773. The van der Waals surface area contributed by atoms with E-state index < -0.39 is 0 Å². The fraction of sp³-hybridized carbons (Fsp3) is 0.692. The largest absolute Gasteiger partial charge is 0.308 e. The summed E-state index contributed by atoms with van der Waals surface area (Å²) in [6, 6.07) is 0. The van der Waals surface area contributed by atoms with Crippen molar-refractivity contribution in [2.45, 2.75) is 27.3 Å². The van der Waals surface area contributed by atoms with Crippen LogP contribution in [0.3, 0.4) is 0 Å². The molecule has 0 aromatic carbocycles. The Bertz CT molecular complexity index is 351. The second-order valence-corrected chi connectivity index (χ2v) is 4.98. The van der Waals surface area contributed by atoms with Crippen molar-refractivity contribution in [2.24, 2.45) is 0 Å². The lowest BCUT2D eigenvalue weighted by Gasteiger charge is -2.19. The Labute approximate surface area is 105 Å². The fourth-order valence-electron chi connectivity index (χ4n) is 1.60. The third-order valence-corrected chi connectivity index (χ3v) is 3.02. The van der Waals surface area contributed by atoms with Crippen LogP contribution in [0.15, 0.2) is 0 Å². The molecule has 0 saturated heterocycles. The van der Waals surface area contributed by atoms with E-state index in [1.54, 1.807) is 0 Å². The van der Waals surface area contributed by atoms with Gasteiger partial charge in [0.15, 0.2) is 0 Å². The zero-order valence-electron chi connectivity index (χ0n) is 11.9. The van der Waals surface area contributed by atoms with Gasteiger partial charge in [-0.2, -0.15) is 0 Å². The molecule has 0 unspecified atom stereocenters. The molecule has 0 spiro atoms. The van der Waals surface area contributed by atoms with Crippen molar-refractivity contribution in [1.29, 1.82) is 0 Å². The monoisotopic (exact) mass is 236 g/mol. The predicted octanol–water partition coefficient (Wildman–Crippen LogP) is 1.40. The van der Waals surface area contributed by atoms with E-state index >= 15 is 0 Å². The molecule has 0 amide bonds. The highest BCUT2D eigenvalue weighted by molar-refractivity contribution is 5.22. The summed E-state index contributed by atoms with van der Waals surface area (Å²) in [6.07, 6.45) is 0. The third-order valence-electron chi connectivity index (χ3n) is 3.02. The maximum absolute atomic E-state index is 4.53. The Kier molecular flexibility index (Phi) is 5.02. The van der Waals surface area contributed by atoms with Gasteiger partial charge in [-0.25, -0.2) is 9.97 Å². The molecule has 0 aliphatic rings. The molecule has 0 atom stereocenters. The van der Waals surface area contributed by atoms with E-state index in [2.05, 4.69) is 47.8 Å². The molecule has 0 radical (unpaired) electrons. The van der Waals surface area contributed by atoms with Crippen molar-refractivity contribution in [1.82, 2.24) is 19.8 Å². The number of aryl methyl sites for hydroxylation is 2. The summed E-state index contributed by atoms with van der Waals surface area (Å²) in [5.74, 6) is 0.923. The Morgan fingerprint density at radius 3 is 1.88 bits per heavy atom. The number of likely N-dealkylation sites (N-methyl/N-ethyl adjacent to an activating group) is 2. The van der Waals surface area contributed by atoms with Gasteiger partial charge < -0.3 is 4.90 Å². The fourth-order valence-corrected chi connectivity index (χ4v) is 1.60. The second kappa shape index (κ2) is 6.07. The van der Waals surface area contributed by atoms with Crippen LogP contribution in [0, 0.1) is 20.8 Å². The normalized spacial score (nSPS) is 11.5. The van der Waals surface area contributed by atoms with Crippen molar-refractivity contribution < 1.29 is 0 Å². The summed E-state index contributed by atoms with van der Waals surface area (Å²) in [5, 5.41) is 0. The highest BCUT2D eigenvalue weighted by Gasteiger charge is 2.07. The van der Waals surface area contributed by atoms with Gasteiger partial charge in [-0.3, -0.25) is 4.90 Å². The Morgan fingerprint density at radius 1 is 0.882 bits per heavy atom. The van der Waals surface area contributed by atoms with Crippen LogP contribution in [-0.4, -0.2) is 54.0 Å². The standard InChI is InChI=1S/C13H24N4/c1-10-11(2)14-13(15-12(10)3)9-17(6)8-7-16(4)5/h7-9H2,1-6H3. The summed E-state index contributed by atoms with van der Waals surface area (Å²) in [5.41, 5.74) is 3.38. The first kappa shape index (κ1) is 14.1. The number of nitrogens with zero attached hydrogens (tertiary/aromatic N) is 4. The molecule has 0 aliphatic heterocycles. The minimum atomic E-state index is 0.815. The molecular weight excluding hydrogens is 212 g/mol. The third kappa shape index (κ3) is 4.40. The van der Waals surface area contributed by atoms with Crippen molar-refractivity contribution >= 4 is 0 Å². The molecule has 1 aromatic rings.